The standard InChI is InChI=1S/C21H20ClN3O2/c1-13-6-7-14(12-17(13)22)23-20(26)11-10-19-24-18-5-3-2-4-16(18)21(27)25(19)15-8-9-15/h2-7,12,15H,8-11H2,1H3,(H,23,26). The summed E-state index contributed by atoms with van der Waals surface area (Å²) in [6, 6.07) is 13.0. The highest BCUT2D eigenvalue weighted by molar-refractivity contribution is 6.31. The molecule has 0 atom stereocenters. The van der Waals surface area contributed by atoms with Crippen LogP contribution in [0.3, 0.4) is 0 Å². The lowest BCUT2D eigenvalue weighted by atomic mass is 10.2. The van der Waals surface area contributed by atoms with Gasteiger partial charge < -0.3 is 5.32 Å². The average molecular weight is 382 g/mol. The van der Waals surface area contributed by atoms with Crippen molar-refractivity contribution >= 4 is 34.1 Å². The zero-order valence-electron chi connectivity index (χ0n) is 15.0. The summed E-state index contributed by atoms with van der Waals surface area (Å²) in [6.45, 7) is 1.91. The summed E-state index contributed by atoms with van der Waals surface area (Å²) in [6.07, 6.45) is 2.65. The third-order valence-electron chi connectivity index (χ3n) is 4.82. The van der Waals surface area contributed by atoms with E-state index >= 15 is 0 Å². The van der Waals surface area contributed by atoms with Crippen molar-refractivity contribution < 1.29 is 4.79 Å². The Hall–Kier alpha value is -2.66. The van der Waals surface area contributed by atoms with Gasteiger partial charge in [0, 0.05) is 29.6 Å². The Bertz CT molecular complexity index is 1090. The SMILES string of the molecule is Cc1ccc(NC(=O)CCc2nc3ccccc3c(=O)n2C2CC2)cc1Cl. The lowest BCUT2D eigenvalue weighted by Gasteiger charge is -2.13. The van der Waals surface area contributed by atoms with Gasteiger partial charge in [0.1, 0.15) is 5.82 Å². The van der Waals surface area contributed by atoms with Gasteiger partial charge in [-0.1, -0.05) is 29.8 Å². The maximum absolute atomic E-state index is 12.8. The molecule has 1 saturated carbocycles. The maximum Gasteiger partial charge on any atom is 0.261 e. The summed E-state index contributed by atoms with van der Waals surface area (Å²) in [5.74, 6) is 0.554. The number of amides is 1. The van der Waals surface area contributed by atoms with Gasteiger partial charge in [0.25, 0.3) is 5.56 Å². The summed E-state index contributed by atoms with van der Waals surface area (Å²) in [4.78, 5) is 29.9. The van der Waals surface area contributed by atoms with Crippen LogP contribution in [0.4, 0.5) is 5.69 Å². The van der Waals surface area contributed by atoms with Crippen molar-refractivity contribution in [3.8, 4) is 0 Å². The Morgan fingerprint density at radius 1 is 1.26 bits per heavy atom. The smallest absolute Gasteiger partial charge is 0.261 e. The number of carbonyl (C=O) groups excluding carboxylic acids is 1. The summed E-state index contributed by atoms with van der Waals surface area (Å²) >= 11 is 6.11. The molecule has 6 heteroatoms. The first kappa shape index (κ1) is 17.7. The Morgan fingerprint density at radius 2 is 2.04 bits per heavy atom. The van der Waals surface area contributed by atoms with Crippen molar-refractivity contribution in [1.82, 2.24) is 9.55 Å². The second kappa shape index (κ2) is 7.16. The summed E-state index contributed by atoms with van der Waals surface area (Å²) in [5.41, 5.74) is 2.30. The molecule has 2 aromatic carbocycles. The molecule has 1 aliphatic carbocycles. The Labute approximate surface area is 162 Å². The molecule has 1 amide bonds. The number of rotatable bonds is 5. The quantitative estimate of drug-likeness (QED) is 0.718. The highest BCUT2D eigenvalue weighted by Crippen LogP contribution is 2.35. The van der Waals surface area contributed by atoms with Crippen molar-refractivity contribution in [2.75, 3.05) is 5.32 Å². The van der Waals surface area contributed by atoms with Crippen LogP contribution >= 0.6 is 11.6 Å². The van der Waals surface area contributed by atoms with Crippen molar-refractivity contribution in [2.45, 2.75) is 38.6 Å². The van der Waals surface area contributed by atoms with Crippen LogP contribution in [-0.2, 0) is 11.2 Å². The first-order valence-corrected chi connectivity index (χ1v) is 9.47. The molecule has 27 heavy (non-hydrogen) atoms. The predicted octanol–water partition coefficient (Wildman–Crippen LogP) is 4.26. The lowest BCUT2D eigenvalue weighted by molar-refractivity contribution is -0.116. The van der Waals surface area contributed by atoms with Gasteiger partial charge in [-0.25, -0.2) is 4.98 Å². The molecule has 0 bridgehead atoms. The van der Waals surface area contributed by atoms with E-state index in [2.05, 4.69) is 10.3 Å². The van der Waals surface area contributed by atoms with E-state index in [-0.39, 0.29) is 23.9 Å². The van der Waals surface area contributed by atoms with E-state index in [1.165, 1.54) is 0 Å². The first-order valence-electron chi connectivity index (χ1n) is 9.09. The van der Waals surface area contributed by atoms with Gasteiger partial charge in [0.15, 0.2) is 0 Å². The van der Waals surface area contributed by atoms with Crippen LogP contribution in [0.1, 0.15) is 36.7 Å². The van der Waals surface area contributed by atoms with E-state index in [1.54, 1.807) is 16.7 Å². The second-order valence-corrected chi connectivity index (χ2v) is 7.37. The molecule has 1 aromatic heterocycles. The van der Waals surface area contributed by atoms with E-state index in [9.17, 15) is 9.59 Å². The van der Waals surface area contributed by atoms with Crippen molar-refractivity contribution in [3.05, 3.63) is 69.2 Å². The molecule has 0 saturated heterocycles. The normalized spacial score (nSPS) is 13.7. The van der Waals surface area contributed by atoms with Crippen LogP contribution in [0, 0.1) is 6.92 Å². The second-order valence-electron chi connectivity index (χ2n) is 6.96. The minimum Gasteiger partial charge on any atom is -0.326 e. The summed E-state index contributed by atoms with van der Waals surface area (Å²) in [7, 11) is 0. The fourth-order valence-electron chi connectivity index (χ4n) is 3.20. The topological polar surface area (TPSA) is 64.0 Å². The van der Waals surface area contributed by atoms with E-state index in [0.717, 1.165) is 18.4 Å². The zero-order valence-corrected chi connectivity index (χ0v) is 15.8. The Kier molecular flexibility index (Phi) is 4.70. The third-order valence-corrected chi connectivity index (χ3v) is 5.23. The number of hydrogen-bond donors (Lipinski definition) is 1. The van der Waals surface area contributed by atoms with E-state index in [4.69, 9.17) is 11.6 Å². The Balaban J connectivity index is 1.54. The molecule has 5 nitrogen and oxygen atoms in total. The minimum atomic E-state index is -0.125. The van der Waals surface area contributed by atoms with Gasteiger partial charge in [-0.15, -0.1) is 0 Å². The molecule has 3 aromatic rings. The summed E-state index contributed by atoms with van der Waals surface area (Å²) in [5, 5.41) is 4.11. The minimum absolute atomic E-state index is 0.0103. The predicted molar refractivity (Wildman–Crippen MR) is 107 cm³/mol. The molecule has 0 aliphatic heterocycles. The molecule has 0 radical (unpaired) electrons. The van der Waals surface area contributed by atoms with E-state index < -0.39 is 0 Å². The van der Waals surface area contributed by atoms with Gasteiger partial charge in [-0.05, 0) is 49.6 Å². The highest BCUT2D eigenvalue weighted by atomic mass is 35.5. The molecule has 1 aliphatic rings. The number of para-hydroxylation sites is 1. The molecule has 1 N–H and O–H groups in total. The zero-order chi connectivity index (χ0) is 19.0. The van der Waals surface area contributed by atoms with Gasteiger partial charge in [0.05, 0.1) is 10.9 Å². The lowest BCUT2D eigenvalue weighted by Crippen LogP contribution is -2.25. The van der Waals surface area contributed by atoms with Crippen LogP contribution < -0.4 is 10.9 Å². The average Bonchev–Trinajstić information content (AvgIpc) is 3.48. The number of hydrogen-bond acceptors (Lipinski definition) is 3. The van der Waals surface area contributed by atoms with Crippen LogP contribution in [0.15, 0.2) is 47.3 Å². The van der Waals surface area contributed by atoms with Gasteiger partial charge in [0.2, 0.25) is 5.91 Å². The van der Waals surface area contributed by atoms with Crippen molar-refractivity contribution in [2.24, 2.45) is 0 Å². The van der Waals surface area contributed by atoms with Gasteiger partial charge in [-0.3, -0.25) is 14.2 Å². The fraction of sp³-hybridized carbons (Fsp3) is 0.286. The number of benzene rings is 2. The Morgan fingerprint density at radius 3 is 2.78 bits per heavy atom. The van der Waals surface area contributed by atoms with E-state index in [0.29, 0.717) is 33.9 Å². The number of nitrogens with one attached hydrogen (secondary N) is 1. The van der Waals surface area contributed by atoms with Crippen molar-refractivity contribution in [3.63, 3.8) is 0 Å². The molecule has 138 valence electrons. The van der Waals surface area contributed by atoms with Gasteiger partial charge in [-0.2, -0.15) is 0 Å². The molecule has 1 fully saturated rings. The number of aromatic nitrogens is 2. The van der Waals surface area contributed by atoms with Crippen molar-refractivity contribution in [1.29, 1.82) is 0 Å². The van der Waals surface area contributed by atoms with Crippen LogP contribution in [0.2, 0.25) is 5.02 Å². The van der Waals surface area contributed by atoms with E-state index in [1.807, 2.05) is 37.3 Å². The monoisotopic (exact) mass is 381 g/mol. The van der Waals surface area contributed by atoms with Crippen LogP contribution in [-0.4, -0.2) is 15.5 Å². The number of aryl methyl sites for hydroxylation is 2. The highest BCUT2D eigenvalue weighted by Gasteiger charge is 2.28. The molecule has 1 heterocycles. The number of anilines is 1. The third kappa shape index (κ3) is 3.74. The molecule has 0 spiro atoms. The summed E-state index contributed by atoms with van der Waals surface area (Å²) < 4.78 is 1.78. The number of nitrogens with zero attached hydrogens (tertiary/aromatic N) is 2. The fourth-order valence-corrected chi connectivity index (χ4v) is 3.38. The molecular weight excluding hydrogens is 362 g/mol. The largest absolute Gasteiger partial charge is 0.326 e. The van der Waals surface area contributed by atoms with Gasteiger partial charge >= 0.3 is 0 Å². The van der Waals surface area contributed by atoms with Crippen LogP contribution in [0.5, 0.6) is 0 Å². The molecule has 4 rings (SSSR count). The van der Waals surface area contributed by atoms with Crippen LogP contribution in [0.25, 0.3) is 10.9 Å². The number of carbonyl (C=O) groups is 1. The number of fused-ring (bicyclic) bond motifs is 1. The number of halogens is 1. The molecular formula is C21H20ClN3O2. The molecule has 0 unspecified atom stereocenters. The maximum atomic E-state index is 12.8. The first-order chi connectivity index (χ1) is 13.0.